The molecular formula is C13H12N2O3S. The average Bonchev–Trinajstić information content (AvgIpc) is 2.91. The summed E-state index contributed by atoms with van der Waals surface area (Å²) in [5.74, 6) is -0.350. The molecule has 2 rings (SSSR count). The second kappa shape index (κ2) is 6.10. The van der Waals surface area contributed by atoms with Gasteiger partial charge in [-0.05, 0) is 24.3 Å². The van der Waals surface area contributed by atoms with Gasteiger partial charge in [0.2, 0.25) is 5.91 Å². The predicted octanol–water partition coefficient (Wildman–Crippen LogP) is 2.11. The van der Waals surface area contributed by atoms with E-state index in [0.717, 1.165) is 4.90 Å². The van der Waals surface area contributed by atoms with Crippen LogP contribution in [0.2, 0.25) is 0 Å². The molecule has 0 bridgehead atoms. The molecule has 0 radical (unpaired) electrons. The zero-order valence-corrected chi connectivity index (χ0v) is 10.8. The molecule has 0 saturated heterocycles. The lowest BCUT2D eigenvalue weighted by Gasteiger charge is -2.08. The highest BCUT2D eigenvalue weighted by Gasteiger charge is 2.11. The third-order valence-electron chi connectivity index (χ3n) is 2.25. The maximum atomic E-state index is 11.9. The normalized spacial score (nSPS) is 10.1. The summed E-state index contributed by atoms with van der Waals surface area (Å²) in [5, 5.41) is 2.73. The molecule has 3 N–H and O–H groups in total. The smallest absolute Gasteiger partial charge is 0.291 e. The fraction of sp³-hybridized carbons (Fsp3) is 0.0769. The summed E-state index contributed by atoms with van der Waals surface area (Å²) in [6, 6.07) is 10.4. The number of thioether (sulfide) groups is 1. The van der Waals surface area contributed by atoms with Crippen molar-refractivity contribution in [1.29, 1.82) is 0 Å². The van der Waals surface area contributed by atoms with Crippen LogP contribution in [0.25, 0.3) is 0 Å². The summed E-state index contributed by atoms with van der Waals surface area (Å²) in [6.45, 7) is 0. The van der Waals surface area contributed by atoms with Crippen LogP contribution >= 0.6 is 11.8 Å². The van der Waals surface area contributed by atoms with Gasteiger partial charge in [0, 0.05) is 4.90 Å². The van der Waals surface area contributed by atoms with Gasteiger partial charge < -0.3 is 15.5 Å². The monoisotopic (exact) mass is 276 g/mol. The quantitative estimate of drug-likeness (QED) is 0.819. The van der Waals surface area contributed by atoms with E-state index in [4.69, 9.17) is 10.2 Å². The second-order valence-corrected chi connectivity index (χ2v) is 4.70. The molecule has 6 heteroatoms. The Morgan fingerprint density at radius 1 is 1.21 bits per heavy atom. The van der Waals surface area contributed by atoms with Crippen LogP contribution in [-0.4, -0.2) is 17.6 Å². The molecule has 0 spiro atoms. The number of hydrogen-bond acceptors (Lipinski definition) is 4. The Balaban J connectivity index is 2.11. The van der Waals surface area contributed by atoms with Gasteiger partial charge in [0.05, 0.1) is 17.7 Å². The van der Waals surface area contributed by atoms with Crippen LogP contribution in [0.5, 0.6) is 0 Å². The van der Waals surface area contributed by atoms with Gasteiger partial charge in [-0.3, -0.25) is 9.59 Å². The fourth-order valence-electron chi connectivity index (χ4n) is 1.44. The molecule has 0 unspecified atom stereocenters. The largest absolute Gasteiger partial charge is 0.459 e. The molecule has 0 aliphatic heterocycles. The third-order valence-corrected chi connectivity index (χ3v) is 3.35. The van der Waals surface area contributed by atoms with Crippen LogP contribution in [0.4, 0.5) is 5.69 Å². The van der Waals surface area contributed by atoms with E-state index in [1.165, 1.54) is 18.0 Å². The number of anilines is 1. The van der Waals surface area contributed by atoms with Crippen molar-refractivity contribution >= 4 is 29.3 Å². The highest BCUT2D eigenvalue weighted by Crippen LogP contribution is 2.27. The lowest BCUT2D eigenvalue weighted by Crippen LogP contribution is -2.14. The zero-order valence-electron chi connectivity index (χ0n) is 9.96. The summed E-state index contributed by atoms with van der Waals surface area (Å²) >= 11 is 1.27. The highest BCUT2D eigenvalue weighted by atomic mass is 32.2. The molecule has 98 valence electrons. The first-order chi connectivity index (χ1) is 9.16. The maximum Gasteiger partial charge on any atom is 0.291 e. The third kappa shape index (κ3) is 3.62. The first-order valence-electron chi connectivity index (χ1n) is 5.52. The van der Waals surface area contributed by atoms with E-state index in [-0.39, 0.29) is 17.4 Å². The van der Waals surface area contributed by atoms with E-state index in [0.29, 0.717) is 5.69 Å². The van der Waals surface area contributed by atoms with Gasteiger partial charge in [0.15, 0.2) is 5.76 Å². The Morgan fingerprint density at radius 2 is 2.00 bits per heavy atom. The number of rotatable bonds is 5. The van der Waals surface area contributed by atoms with Gasteiger partial charge in [0.1, 0.15) is 0 Å². The Hall–Kier alpha value is -2.21. The summed E-state index contributed by atoms with van der Waals surface area (Å²) in [5.41, 5.74) is 5.73. The zero-order chi connectivity index (χ0) is 13.7. The maximum absolute atomic E-state index is 11.9. The number of nitrogens with one attached hydrogen (secondary N) is 1. The first kappa shape index (κ1) is 13.2. The van der Waals surface area contributed by atoms with Crippen molar-refractivity contribution in [3.05, 3.63) is 48.4 Å². The van der Waals surface area contributed by atoms with Crippen molar-refractivity contribution in [3.63, 3.8) is 0 Å². The number of para-hydroxylation sites is 1. The first-order valence-corrected chi connectivity index (χ1v) is 6.50. The molecule has 19 heavy (non-hydrogen) atoms. The molecule has 1 aromatic heterocycles. The lowest BCUT2D eigenvalue weighted by atomic mass is 10.3. The standard InChI is InChI=1S/C13H12N2O3S/c14-12(16)8-19-11-6-2-1-4-9(11)15-13(17)10-5-3-7-18-10/h1-7H,8H2,(H2,14,16)(H,15,17). The van der Waals surface area contributed by atoms with E-state index in [9.17, 15) is 9.59 Å². The van der Waals surface area contributed by atoms with E-state index in [1.54, 1.807) is 24.3 Å². The van der Waals surface area contributed by atoms with Crippen LogP contribution in [0.1, 0.15) is 10.6 Å². The van der Waals surface area contributed by atoms with Gasteiger partial charge in [-0.15, -0.1) is 11.8 Å². The molecule has 0 atom stereocenters. The average molecular weight is 276 g/mol. The minimum absolute atomic E-state index is 0.160. The van der Waals surface area contributed by atoms with Crippen molar-refractivity contribution in [2.45, 2.75) is 4.90 Å². The highest BCUT2D eigenvalue weighted by molar-refractivity contribution is 8.00. The molecule has 1 aromatic carbocycles. The van der Waals surface area contributed by atoms with Crippen molar-refractivity contribution < 1.29 is 14.0 Å². The number of hydrogen-bond donors (Lipinski definition) is 2. The molecule has 0 fully saturated rings. The summed E-state index contributed by atoms with van der Waals surface area (Å²) < 4.78 is 5.01. The van der Waals surface area contributed by atoms with Crippen LogP contribution in [0, 0.1) is 0 Å². The number of carbonyl (C=O) groups excluding carboxylic acids is 2. The second-order valence-electron chi connectivity index (χ2n) is 3.68. The van der Waals surface area contributed by atoms with Crippen LogP contribution in [0.15, 0.2) is 52.0 Å². The van der Waals surface area contributed by atoms with E-state index < -0.39 is 5.91 Å². The number of nitrogens with two attached hydrogens (primary N) is 1. The lowest BCUT2D eigenvalue weighted by molar-refractivity contribution is -0.115. The van der Waals surface area contributed by atoms with Gasteiger partial charge in [-0.1, -0.05) is 12.1 Å². The number of furan rings is 1. The van der Waals surface area contributed by atoms with Crippen molar-refractivity contribution in [1.82, 2.24) is 0 Å². The van der Waals surface area contributed by atoms with Crippen LogP contribution in [0.3, 0.4) is 0 Å². The number of carbonyl (C=O) groups is 2. The van der Waals surface area contributed by atoms with Gasteiger partial charge in [0.25, 0.3) is 5.91 Å². The SMILES string of the molecule is NC(=O)CSc1ccccc1NC(=O)c1ccco1. The summed E-state index contributed by atoms with van der Waals surface area (Å²) in [4.78, 5) is 23.4. The molecule has 2 aromatic rings. The van der Waals surface area contributed by atoms with E-state index in [1.807, 2.05) is 12.1 Å². The van der Waals surface area contributed by atoms with Gasteiger partial charge in [-0.25, -0.2) is 0 Å². The number of benzene rings is 1. The molecule has 0 aliphatic carbocycles. The van der Waals surface area contributed by atoms with Crippen LogP contribution < -0.4 is 11.1 Å². The van der Waals surface area contributed by atoms with Gasteiger partial charge in [-0.2, -0.15) is 0 Å². The van der Waals surface area contributed by atoms with Crippen LogP contribution in [-0.2, 0) is 4.79 Å². The predicted molar refractivity (Wildman–Crippen MR) is 73.0 cm³/mol. The van der Waals surface area contributed by atoms with E-state index >= 15 is 0 Å². The molecule has 0 aliphatic rings. The molecule has 0 saturated carbocycles. The Bertz CT molecular complexity index is 581. The number of primary amides is 1. The minimum Gasteiger partial charge on any atom is -0.459 e. The van der Waals surface area contributed by atoms with Crippen molar-refractivity contribution in [2.75, 3.05) is 11.1 Å². The summed E-state index contributed by atoms with van der Waals surface area (Å²) in [6.07, 6.45) is 1.43. The summed E-state index contributed by atoms with van der Waals surface area (Å²) in [7, 11) is 0. The van der Waals surface area contributed by atoms with Gasteiger partial charge >= 0.3 is 0 Å². The molecular weight excluding hydrogens is 264 g/mol. The number of amides is 2. The molecule has 2 amide bonds. The Morgan fingerprint density at radius 3 is 2.68 bits per heavy atom. The Labute approximate surface area is 114 Å². The van der Waals surface area contributed by atoms with Crippen molar-refractivity contribution in [3.8, 4) is 0 Å². The fourth-order valence-corrected chi connectivity index (χ4v) is 2.18. The molecule has 1 heterocycles. The van der Waals surface area contributed by atoms with E-state index in [2.05, 4.69) is 5.32 Å². The Kier molecular flexibility index (Phi) is 4.25. The topological polar surface area (TPSA) is 85.3 Å². The van der Waals surface area contributed by atoms with Crippen molar-refractivity contribution in [2.24, 2.45) is 5.73 Å². The minimum atomic E-state index is -0.405. The molecule has 5 nitrogen and oxygen atoms in total.